The first-order valence-corrected chi connectivity index (χ1v) is 8.24. The number of rotatable bonds is 8. The molecule has 25 heavy (non-hydrogen) atoms. The summed E-state index contributed by atoms with van der Waals surface area (Å²) in [6, 6.07) is 15.5. The van der Waals surface area contributed by atoms with E-state index < -0.39 is 0 Å². The fourth-order valence-corrected chi connectivity index (χ4v) is 2.45. The van der Waals surface area contributed by atoms with Gasteiger partial charge in [0.2, 0.25) is 5.89 Å². The van der Waals surface area contributed by atoms with Gasteiger partial charge in [0.25, 0.3) is 0 Å². The molecule has 0 aliphatic rings. The van der Waals surface area contributed by atoms with E-state index in [1.165, 1.54) is 0 Å². The van der Waals surface area contributed by atoms with Crippen LogP contribution in [0.4, 0.5) is 0 Å². The number of aromatic nitrogens is 2. The summed E-state index contributed by atoms with van der Waals surface area (Å²) in [5.74, 6) is 1.18. The molecule has 0 radical (unpaired) electrons. The van der Waals surface area contributed by atoms with Gasteiger partial charge in [-0.2, -0.15) is 0 Å². The predicted molar refractivity (Wildman–Crippen MR) is 93.6 cm³/mol. The van der Waals surface area contributed by atoms with E-state index in [1.54, 1.807) is 19.3 Å². The molecule has 0 saturated heterocycles. The van der Waals surface area contributed by atoms with Crippen molar-refractivity contribution in [1.29, 1.82) is 0 Å². The second-order valence-electron chi connectivity index (χ2n) is 5.80. The minimum Gasteiger partial charge on any atom is -0.436 e. The van der Waals surface area contributed by atoms with Gasteiger partial charge in [0.1, 0.15) is 17.6 Å². The van der Waals surface area contributed by atoms with Gasteiger partial charge >= 0.3 is 0 Å². The zero-order valence-electron chi connectivity index (χ0n) is 14.1. The van der Waals surface area contributed by atoms with E-state index in [0.717, 1.165) is 11.3 Å². The van der Waals surface area contributed by atoms with Crippen LogP contribution >= 0.6 is 0 Å². The van der Waals surface area contributed by atoms with Crippen molar-refractivity contribution in [3.8, 4) is 11.5 Å². The largest absolute Gasteiger partial charge is 0.436 e. The zero-order valence-corrected chi connectivity index (χ0v) is 14.1. The number of hydrogen-bond donors (Lipinski definition) is 0. The maximum absolute atomic E-state index is 11.4. The Morgan fingerprint density at radius 2 is 1.92 bits per heavy atom. The molecule has 0 aliphatic carbocycles. The highest BCUT2D eigenvalue weighted by Crippen LogP contribution is 2.27. The molecular formula is C20H20N2O3. The minimum atomic E-state index is -0.374. The monoisotopic (exact) mass is 336 g/mol. The van der Waals surface area contributed by atoms with Crippen molar-refractivity contribution in [3.63, 3.8) is 0 Å². The second kappa shape index (κ2) is 8.35. The van der Waals surface area contributed by atoms with Crippen LogP contribution < -0.4 is 0 Å². The van der Waals surface area contributed by atoms with Crippen LogP contribution in [0, 0.1) is 0 Å². The normalized spacial score (nSPS) is 12.0. The number of carbonyl (C=O) groups excluding carboxylic acids is 1. The average Bonchev–Trinajstić information content (AvgIpc) is 3.13. The molecule has 0 bridgehead atoms. The molecule has 1 aromatic carbocycles. The van der Waals surface area contributed by atoms with Gasteiger partial charge in [0.15, 0.2) is 5.76 Å². The summed E-state index contributed by atoms with van der Waals surface area (Å²) in [5, 5.41) is 0. The second-order valence-corrected chi connectivity index (χ2v) is 5.80. The quantitative estimate of drug-likeness (QED) is 0.611. The van der Waals surface area contributed by atoms with Gasteiger partial charge in [0.05, 0.1) is 12.8 Å². The Bertz CT molecular complexity index is 800. The highest BCUT2D eigenvalue weighted by atomic mass is 16.5. The van der Waals surface area contributed by atoms with E-state index in [0.29, 0.717) is 31.1 Å². The lowest BCUT2D eigenvalue weighted by Crippen LogP contribution is -2.07. The number of benzene rings is 1. The van der Waals surface area contributed by atoms with Crippen LogP contribution in [0.5, 0.6) is 0 Å². The third kappa shape index (κ3) is 4.84. The van der Waals surface area contributed by atoms with Gasteiger partial charge in [-0.3, -0.25) is 4.98 Å². The van der Waals surface area contributed by atoms with Crippen LogP contribution in [0.15, 0.2) is 65.3 Å². The van der Waals surface area contributed by atoms with Crippen LogP contribution in [-0.2, 0) is 16.1 Å². The molecule has 0 aliphatic heterocycles. The molecule has 128 valence electrons. The van der Waals surface area contributed by atoms with Crippen molar-refractivity contribution in [2.24, 2.45) is 0 Å². The summed E-state index contributed by atoms with van der Waals surface area (Å²) in [7, 11) is 0. The Morgan fingerprint density at radius 1 is 1.12 bits per heavy atom. The number of carbonyl (C=O) groups is 1. The SMILES string of the molecule is CC(=O)CCC(OCc1ccccc1)c1ncc(-c2ccccn2)o1. The van der Waals surface area contributed by atoms with Crippen molar-refractivity contribution >= 4 is 5.78 Å². The van der Waals surface area contributed by atoms with Gasteiger partial charge in [-0.15, -0.1) is 0 Å². The van der Waals surface area contributed by atoms with E-state index in [9.17, 15) is 4.79 Å². The average molecular weight is 336 g/mol. The van der Waals surface area contributed by atoms with Crippen molar-refractivity contribution in [2.75, 3.05) is 0 Å². The molecule has 1 atom stereocenters. The maximum Gasteiger partial charge on any atom is 0.224 e. The van der Waals surface area contributed by atoms with Crippen LogP contribution in [0.3, 0.4) is 0 Å². The lowest BCUT2D eigenvalue weighted by Gasteiger charge is -2.14. The number of Topliss-reactive ketones (excluding diaryl/α,β-unsaturated/α-hetero) is 1. The molecule has 0 saturated carbocycles. The molecule has 0 fully saturated rings. The molecule has 0 N–H and O–H groups in total. The summed E-state index contributed by atoms with van der Waals surface area (Å²) >= 11 is 0. The maximum atomic E-state index is 11.4. The van der Waals surface area contributed by atoms with E-state index in [-0.39, 0.29) is 11.9 Å². The topological polar surface area (TPSA) is 65.2 Å². The van der Waals surface area contributed by atoms with E-state index >= 15 is 0 Å². The minimum absolute atomic E-state index is 0.116. The lowest BCUT2D eigenvalue weighted by atomic mass is 10.1. The number of pyridine rings is 1. The highest BCUT2D eigenvalue weighted by molar-refractivity contribution is 5.75. The number of hydrogen-bond acceptors (Lipinski definition) is 5. The predicted octanol–water partition coefficient (Wildman–Crippen LogP) is 4.36. The number of oxazole rings is 1. The summed E-state index contributed by atoms with van der Waals surface area (Å²) in [4.78, 5) is 20.0. The number of ether oxygens (including phenoxy) is 1. The van der Waals surface area contributed by atoms with E-state index in [4.69, 9.17) is 9.15 Å². The smallest absolute Gasteiger partial charge is 0.224 e. The fraction of sp³-hybridized carbons (Fsp3) is 0.250. The molecule has 2 heterocycles. The Labute approximate surface area is 146 Å². The van der Waals surface area contributed by atoms with Crippen molar-refractivity contribution in [2.45, 2.75) is 32.5 Å². The van der Waals surface area contributed by atoms with Crippen molar-refractivity contribution in [3.05, 3.63) is 72.4 Å². The molecule has 0 amide bonds. The summed E-state index contributed by atoms with van der Waals surface area (Å²) < 4.78 is 11.8. The summed E-state index contributed by atoms with van der Waals surface area (Å²) in [6.07, 6.45) is 3.92. The number of ketones is 1. The third-order valence-corrected chi connectivity index (χ3v) is 3.77. The zero-order chi connectivity index (χ0) is 17.5. The first-order valence-electron chi connectivity index (χ1n) is 8.24. The summed E-state index contributed by atoms with van der Waals surface area (Å²) in [5.41, 5.74) is 1.78. The first-order chi connectivity index (χ1) is 12.2. The van der Waals surface area contributed by atoms with Gasteiger partial charge in [-0.25, -0.2) is 4.98 Å². The van der Waals surface area contributed by atoms with Gasteiger partial charge in [0, 0.05) is 12.6 Å². The Balaban J connectivity index is 1.74. The number of nitrogens with zero attached hydrogens (tertiary/aromatic N) is 2. The first kappa shape index (κ1) is 17.0. The highest BCUT2D eigenvalue weighted by Gasteiger charge is 2.20. The lowest BCUT2D eigenvalue weighted by molar-refractivity contribution is -0.118. The Kier molecular flexibility index (Phi) is 5.69. The standard InChI is InChI=1S/C20H20N2O3/c1-15(23)10-11-18(24-14-16-7-3-2-4-8-16)20-22-13-19(25-20)17-9-5-6-12-21-17/h2-9,12-13,18H,10-11,14H2,1H3. The molecule has 5 heteroatoms. The summed E-state index contributed by atoms with van der Waals surface area (Å²) in [6.45, 7) is 2.01. The van der Waals surface area contributed by atoms with E-state index in [1.807, 2.05) is 48.5 Å². The van der Waals surface area contributed by atoms with Gasteiger partial charge in [-0.1, -0.05) is 36.4 Å². The fourth-order valence-electron chi connectivity index (χ4n) is 2.45. The Morgan fingerprint density at radius 3 is 2.64 bits per heavy atom. The van der Waals surface area contributed by atoms with Gasteiger partial charge in [-0.05, 0) is 31.0 Å². The molecule has 1 unspecified atom stereocenters. The van der Waals surface area contributed by atoms with Crippen LogP contribution in [0.2, 0.25) is 0 Å². The molecule has 2 aromatic heterocycles. The van der Waals surface area contributed by atoms with Crippen LogP contribution in [-0.4, -0.2) is 15.8 Å². The third-order valence-electron chi connectivity index (χ3n) is 3.77. The van der Waals surface area contributed by atoms with E-state index in [2.05, 4.69) is 9.97 Å². The molecule has 0 spiro atoms. The Hall–Kier alpha value is -2.79. The van der Waals surface area contributed by atoms with Gasteiger partial charge < -0.3 is 13.9 Å². The molecule has 3 aromatic rings. The molecular weight excluding hydrogens is 316 g/mol. The van der Waals surface area contributed by atoms with Crippen molar-refractivity contribution in [1.82, 2.24) is 9.97 Å². The van der Waals surface area contributed by atoms with Crippen LogP contribution in [0.25, 0.3) is 11.5 Å². The van der Waals surface area contributed by atoms with Crippen LogP contribution in [0.1, 0.15) is 37.3 Å². The molecule has 3 rings (SSSR count). The van der Waals surface area contributed by atoms with Crippen molar-refractivity contribution < 1.29 is 13.9 Å². The molecule has 5 nitrogen and oxygen atoms in total.